The van der Waals surface area contributed by atoms with E-state index in [-0.39, 0.29) is 6.42 Å². The van der Waals surface area contributed by atoms with Crippen molar-refractivity contribution in [2.45, 2.75) is 13.0 Å². The summed E-state index contributed by atoms with van der Waals surface area (Å²) in [7, 11) is -3.56. The first-order valence-electron chi connectivity index (χ1n) is 8.07. The molecule has 0 aliphatic carbocycles. The Morgan fingerprint density at radius 1 is 1.15 bits per heavy atom. The van der Waals surface area contributed by atoms with E-state index in [0.29, 0.717) is 22.4 Å². The summed E-state index contributed by atoms with van der Waals surface area (Å²) in [5, 5.41) is 1.07. The molecule has 6 nitrogen and oxygen atoms in total. The van der Waals surface area contributed by atoms with Gasteiger partial charge in [-0.1, -0.05) is 30.3 Å². The van der Waals surface area contributed by atoms with Crippen LogP contribution >= 0.6 is 15.9 Å². The maximum absolute atomic E-state index is 11.7. The van der Waals surface area contributed by atoms with Crippen molar-refractivity contribution in [1.29, 1.82) is 0 Å². The number of pyridine rings is 1. The molecule has 27 heavy (non-hydrogen) atoms. The maximum Gasteiger partial charge on any atom is 0.237 e. The molecule has 0 saturated heterocycles. The lowest BCUT2D eigenvalue weighted by Gasteiger charge is -2.10. The van der Waals surface area contributed by atoms with Crippen LogP contribution in [0.15, 0.2) is 59.1 Å². The van der Waals surface area contributed by atoms with E-state index in [2.05, 4.69) is 20.9 Å². The molecule has 0 aliphatic heterocycles. The van der Waals surface area contributed by atoms with Gasteiger partial charge in [-0.05, 0) is 45.8 Å². The van der Waals surface area contributed by atoms with Gasteiger partial charge in [0.15, 0.2) is 0 Å². The van der Waals surface area contributed by atoms with Gasteiger partial charge in [0, 0.05) is 5.39 Å². The SMILES string of the molecule is CS(=O)(=O)NC(=O)Cc1ccc(OCc2ccc3ccccc3n2)c(Br)c1. The first-order valence-corrected chi connectivity index (χ1v) is 10.7. The zero-order valence-electron chi connectivity index (χ0n) is 14.5. The topological polar surface area (TPSA) is 85.4 Å². The number of carbonyl (C=O) groups is 1. The molecule has 1 amide bonds. The number of benzene rings is 2. The molecule has 0 atom stereocenters. The Morgan fingerprint density at radius 2 is 1.93 bits per heavy atom. The lowest BCUT2D eigenvalue weighted by Crippen LogP contribution is -2.30. The third kappa shape index (κ3) is 5.51. The number of nitrogens with one attached hydrogen (secondary N) is 1. The number of hydrogen-bond acceptors (Lipinski definition) is 5. The fourth-order valence-corrected chi connectivity index (χ4v) is 3.57. The number of ether oxygens (including phenoxy) is 1. The van der Waals surface area contributed by atoms with E-state index in [1.807, 2.05) is 41.1 Å². The van der Waals surface area contributed by atoms with Crippen LogP contribution in [0.3, 0.4) is 0 Å². The Kier molecular flexibility index (Phi) is 5.76. The van der Waals surface area contributed by atoms with Gasteiger partial charge in [0.25, 0.3) is 0 Å². The molecule has 1 heterocycles. The highest BCUT2D eigenvalue weighted by molar-refractivity contribution is 9.10. The molecule has 0 unspecified atom stereocenters. The van der Waals surface area contributed by atoms with Crippen LogP contribution in [-0.4, -0.2) is 25.6 Å². The molecule has 0 aliphatic rings. The highest BCUT2D eigenvalue weighted by atomic mass is 79.9. The minimum absolute atomic E-state index is 0.0435. The lowest BCUT2D eigenvalue weighted by molar-refractivity contribution is -0.118. The lowest BCUT2D eigenvalue weighted by atomic mass is 10.1. The number of fused-ring (bicyclic) bond motifs is 1. The Hall–Kier alpha value is -2.45. The van der Waals surface area contributed by atoms with Crippen molar-refractivity contribution in [2.24, 2.45) is 0 Å². The number of amides is 1. The zero-order chi connectivity index (χ0) is 19.4. The van der Waals surface area contributed by atoms with Crippen LogP contribution in [0.1, 0.15) is 11.3 Å². The van der Waals surface area contributed by atoms with Crippen molar-refractivity contribution in [3.05, 3.63) is 70.3 Å². The van der Waals surface area contributed by atoms with Crippen molar-refractivity contribution in [1.82, 2.24) is 9.71 Å². The van der Waals surface area contributed by atoms with Gasteiger partial charge in [-0.15, -0.1) is 0 Å². The molecule has 2 aromatic carbocycles. The number of sulfonamides is 1. The third-order valence-electron chi connectivity index (χ3n) is 3.69. The predicted molar refractivity (Wildman–Crippen MR) is 107 cm³/mol. The fraction of sp³-hybridized carbons (Fsp3) is 0.158. The molecule has 0 bridgehead atoms. The number of para-hydroxylation sites is 1. The molecule has 3 aromatic rings. The molecule has 0 spiro atoms. The first-order chi connectivity index (χ1) is 12.8. The number of rotatable bonds is 6. The van der Waals surface area contributed by atoms with Crippen LogP contribution in [0.5, 0.6) is 5.75 Å². The van der Waals surface area contributed by atoms with E-state index in [1.54, 1.807) is 18.2 Å². The second kappa shape index (κ2) is 8.06. The van der Waals surface area contributed by atoms with E-state index in [9.17, 15) is 13.2 Å². The van der Waals surface area contributed by atoms with Crippen molar-refractivity contribution in [2.75, 3.05) is 6.26 Å². The molecular formula is C19H17BrN2O4S. The van der Waals surface area contributed by atoms with E-state index in [1.165, 1.54) is 0 Å². The minimum atomic E-state index is -3.56. The second-order valence-electron chi connectivity index (χ2n) is 6.02. The number of hydrogen-bond donors (Lipinski definition) is 1. The molecule has 1 N–H and O–H groups in total. The van der Waals surface area contributed by atoms with Crippen molar-refractivity contribution >= 4 is 42.8 Å². The monoisotopic (exact) mass is 448 g/mol. The number of carbonyl (C=O) groups excluding carboxylic acids is 1. The van der Waals surface area contributed by atoms with Gasteiger partial charge in [0.1, 0.15) is 12.4 Å². The summed E-state index contributed by atoms with van der Waals surface area (Å²) < 4.78 is 30.6. The first kappa shape index (κ1) is 19.3. The smallest absolute Gasteiger partial charge is 0.237 e. The standard InChI is InChI=1S/C19H17BrN2O4S/c1-27(24,25)22-19(23)11-13-6-9-18(16(20)10-13)26-12-15-8-7-14-4-2-3-5-17(14)21-15/h2-10H,11-12H2,1H3,(H,22,23). The van der Waals surface area contributed by atoms with Crippen LogP contribution in [-0.2, 0) is 27.8 Å². The second-order valence-corrected chi connectivity index (χ2v) is 8.63. The van der Waals surface area contributed by atoms with E-state index >= 15 is 0 Å². The number of halogens is 1. The highest BCUT2D eigenvalue weighted by Gasteiger charge is 2.11. The summed E-state index contributed by atoms with van der Waals surface area (Å²) in [4.78, 5) is 16.3. The predicted octanol–water partition coefficient (Wildman–Crippen LogP) is 3.19. The van der Waals surface area contributed by atoms with Gasteiger partial charge >= 0.3 is 0 Å². The summed E-state index contributed by atoms with van der Waals surface area (Å²) in [5.74, 6) is 0.0238. The Bertz CT molecular complexity index is 1100. The Balaban J connectivity index is 1.66. The molecule has 0 fully saturated rings. The summed E-state index contributed by atoms with van der Waals surface area (Å²) in [6.07, 6.45) is 0.900. The maximum atomic E-state index is 11.7. The van der Waals surface area contributed by atoms with Gasteiger partial charge in [0.2, 0.25) is 15.9 Å². The van der Waals surface area contributed by atoms with Crippen LogP contribution < -0.4 is 9.46 Å². The average molecular weight is 449 g/mol. The average Bonchev–Trinajstić information content (AvgIpc) is 2.59. The molecule has 8 heteroatoms. The largest absolute Gasteiger partial charge is 0.486 e. The van der Waals surface area contributed by atoms with E-state index < -0.39 is 15.9 Å². The summed E-state index contributed by atoms with van der Waals surface area (Å²) in [6.45, 7) is 0.303. The summed E-state index contributed by atoms with van der Waals surface area (Å²) in [5.41, 5.74) is 2.38. The van der Waals surface area contributed by atoms with Gasteiger partial charge in [-0.25, -0.2) is 13.4 Å². The zero-order valence-corrected chi connectivity index (χ0v) is 16.9. The molecule has 1 aromatic heterocycles. The number of aromatic nitrogens is 1. The van der Waals surface area contributed by atoms with Crippen LogP contribution in [0.4, 0.5) is 0 Å². The quantitative estimate of drug-likeness (QED) is 0.625. The van der Waals surface area contributed by atoms with Crippen molar-refractivity contribution in [3.8, 4) is 5.75 Å². The fourth-order valence-electron chi connectivity index (χ4n) is 2.54. The Morgan fingerprint density at radius 3 is 2.67 bits per heavy atom. The normalized spacial score (nSPS) is 11.3. The van der Waals surface area contributed by atoms with Crippen LogP contribution in [0.25, 0.3) is 10.9 Å². The third-order valence-corrected chi connectivity index (χ3v) is 4.91. The van der Waals surface area contributed by atoms with Crippen LogP contribution in [0.2, 0.25) is 0 Å². The van der Waals surface area contributed by atoms with E-state index in [4.69, 9.17) is 4.74 Å². The van der Waals surface area contributed by atoms with Crippen molar-refractivity contribution in [3.63, 3.8) is 0 Å². The van der Waals surface area contributed by atoms with Gasteiger partial charge in [0.05, 0.1) is 28.4 Å². The van der Waals surface area contributed by atoms with E-state index in [0.717, 1.165) is 22.9 Å². The molecule has 140 valence electrons. The highest BCUT2D eigenvalue weighted by Crippen LogP contribution is 2.27. The molecule has 0 saturated carbocycles. The molecular weight excluding hydrogens is 432 g/mol. The summed E-state index contributed by atoms with van der Waals surface area (Å²) in [6, 6.07) is 17.0. The molecule has 0 radical (unpaired) electrons. The number of nitrogens with zero attached hydrogens (tertiary/aromatic N) is 1. The molecule has 3 rings (SSSR count). The minimum Gasteiger partial charge on any atom is -0.486 e. The van der Waals surface area contributed by atoms with Crippen molar-refractivity contribution < 1.29 is 17.9 Å². The van der Waals surface area contributed by atoms with Gasteiger partial charge in [-0.2, -0.15) is 0 Å². The van der Waals surface area contributed by atoms with Crippen LogP contribution in [0, 0.1) is 0 Å². The van der Waals surface area contributed by atoms with Gasteiger partial charge < -0.3 is 4.74 Å². The van der Waals surface area contributed by atoms with Gasteiger partial charge in [-0.3, -0.25) is 9.52 Å². The summed E-state index contributed by atoms with van der Waals surface area (Å²) >= 11 is 3.42. The Labute approximate surface area is 165 Å².